The first kappa shape index (κ1) is 41.1. The number of rotatable bonds is 10. The highest BCUT2D eigenvalue weighted by molar-refractivity contribution is 7.89. The molecule has 0 radical (unpaired) electrons. The number of ether oxygens (including phenoxy) is 1. The SMILES string of the molecule is Cc1ccc2cccc(OCc3c(Cl)ccc(S(=O)(=O)N4CCC[C@H]4C(=O)NC4CCN(C(=O)Cc5ccc(C(=N)N)cc5)CC4)c3Cl)c2n1.Cl.Cl. The van der Waals surface area contributed by atoms with E-state index in [1.54, 1.807) is 35.2 Å². The monoisotopic (exact) mass is 808 g/mol. The minimum atomic E-state index is -4.18. The summed E-state index contributed by atoms with van der Waals surface area (Å²) in [4.78, 5) is 32.7. The number of benzene rings is 3. The van der Waals surface area contributed by atoms with E-state index in [-0.39, 0.29) is 83.0 Å². The number of hydrogen-bond donors (Lipinski definition) is 3. The number of nitrogens with two attached hydrogens (primary N) is 1. The molecule has 1 atom stereocenters. The Morgan fingerprint density at radius 3 is 2.38 bits per heavy atom. The molecular formula is C36H40Cl4N6O5S. The molecule has 16 heteroatoms. The number of fused-ring (bicyclic) bond motifs is 1. The van der Waals surface area contributed by atoms with Gasteiger partial charge in [-0.3, -0.25) is 15.0 Å². The number of nitrogens with zero attached hydrogens (tertiary/aromatic N) is 3. The van der Waals surface area contributed by atoms with Crippen LogP contribution >= 0.6 is 48.0 Å². The molecule has 11 nitrogen and oxygen atoms in total. The van der Waals surface area contributed by atoms with Gasteiger partial charge in [0.15, 0.2) is 0 Å². The number of pyridine rings is 1. The van der Waals surface area contributed by atoms with Gasteiger partial charge >= 0.3 is 0 Å². The lowest BCUT2D eigenvalue weighted by molar-refractivity contribution is -0.131. The van der Waals surface area contributed by atoms with Crippen molar-refractivity contribution < 1.29 is 22.7 Å². The number of aryl methyl sites for hydroxylation is 1. The molecule has 0 aliphatic carbocycles. The minimum Gasteiger partial charge on any atom is -0.487 e. The maximum Gasteiger partial charge on any atom is 0.245 e. The van der Waals surface area contributed by atoms with Gasteiger partial charge in [0.05, 0.1) is 11.4 Å². The van der Waals surface area contributed by atoms with Gasteiger partial charge in [0, 0.05) is 52.9 Å². The van der Waals surface area contributed by atoms with Gasteiger partial charge < -0.3 is 20.7 Å². The molecule has 4 aromatic rings. The summed E-state index contributed by atoms with van der Waals surface area (Å²) in [5.41, 5.74) is 8.75. The van der Waals surface area contributed by atoms with E-state index in [1.807, 2.05) is 31.2 Å². The molecule has 4 N–H and O–H groups in total. The fourth-order valence-corrected chi connectivity index (χ4v) is 8.99. The zero-order valence-electron chi connectivity index (χ0n) is 28.3. The van der Waals surface area contributed by atoms with E-state index < -0.39 is 16.1 Å². The third-order valence-corrected chi connectivity index (χ3v) is 12.1. The van der Waals surface area contributed by atoms with E-state index >= 15 is 0 Å². The predicted octanol–water partition coefficient (Wildman–Crippen LogP) is 6.06. The van der Waals surface area contributed by atoms with Gasteiger partial charge in [0.25, 0.3) is 0 Å². The normalized spacial score (nSPS) is 16.5. The molecule has 6 rings (SSSR count). The van der Waals surface area contributed by atoms with E-state index in [9.17, 15) is 18.0 Å². The predicted molar refractivity (Wildman–Crippen MR) is 208 cm³/mol. The smallest absolute Gasteiger partial charge is 0.245 e. The summed E-state index contributed by atoms with van der Waals surface area (Å²) in [6.07, 6.45) is 2.23. The molecular weight excluding hydrogens is 770 g/mol. The average Bonchev–Trinajstić information content (AvgIpc) is 3.60. The second-order valence-corrected chi connectivity index (χ2v) is 15.3. The summed E-state index contributed by atoms with van der Waals surface area (Å²) in [7, 11) is -4.18. The number of sulfonamides is 1. The Morgan fingerprint density at radius 2 is 1.69 bits per heavy atom. The first-order chi connectivity index (χ1) is 23.9. The van der Waals surface area contributed by atoms with E-state index in [0.29, 0.717) is 61.2 Å². The lowest BCUT2D eigenvalue weighted by Gasteiger charge is -2.33. The van der Waals surface area contributed by atoms with Gasteiger partial charge in [-0.15, -0.1) is 24.8 Å². The van der Waals surface area contributed by atoms with E-state index in [0.717, 1.165) is 16.6 Å². The summed E-state index contributed by atoms with van der Waals surface area (Å²) in [5, 5.41) is 11.7. The van der Waals surface area contributed by atoms with Crippen molar-refractivity contribution >= 4 is 86.6 Å². The van der Waals surface area contributed by atoms with Crippen molar-refractivity contribution in [2.75, 3.05) is 19.6 Å². The summed E-state index contributed by atoms with van der Waals surface area (Å²) >= 11 is 13.3. The Kier molecular flexibility index (Phi) is 13.8. The van der Waals surface area contributed by atoms with Crippen molar-refractivity contribution in [2.45, 2.75) is 62.6 Å². The third kappa shape index (κ3) is 8.92. The molecule has 278 valence electrons. The number of likely N-dealkylation sites (tertiary alicyclic amines) is 1. The number of amidine groups is 1. The summed E-state index contributed by atoms with van der Waals surface area (Å²) < 4.78 is 35.4. The summed E-state index contributed by atoms with van der Waals surface area (Å²) in [6, 6.07) is 18.2. The lowest BCUT2D eigenvalue weighted by atomic mass is 10.0. The number of amides is 2. The van der Waals surface area contributed by atoms with Crippen LogP contribution in [0.4, 0.5) is 0 Å². The zero-order valence-corrected chi connectivity index (χ0v) is 32.3. The topological polar surface area (TPSA) is 159 Å². The number of nitrogen functional groups attached to an aromatic ring is 1. The van der Waals surface area contributed by atoms with Gasteiger partial charge in [-0.05, 0) is 62.4 Å². The van der Waals surface area contributed by atoms with Crippen LogP contribution in [0.2, 0.25) is 10.0 Å². The van der Waals surface area contributed by atoms with Crippen LogP contribution in [0.5, 0.6) is 5.75 Å². The van der Waals surface area contributed by atoms with Crippen LogP contribution in [0.15, 0.2) is 71.6 Å². The van der Waals surface area contributed by atoms with Crippen LogP contribution in [0, 0.1) is 12.3 Å². The first-order valence-electron chi connectivity index (χ1n) is 16.4. The fourth-order valence-electron chi connectivity index (χ4n) is 6.47. The number of aromatic nitrogens is 1. The number of halogens is 4. The summed E-state index contributed by atoms with van der Waals surface area (Å²) in [6.45, 7) is 2.92. The molecule has 0 unspecified atom stereocenters. The number of hydrogen-bond acceptors (Lipinski definition) is 7. The van der Waals surface area contributed by atoms with Crippen molar-refractivity contribution in [2.24, 2.45) is 5.73 Å². The molecule has 2 aliphatic rings. The van der Waals surface area contributed by atoms with Gasteiger partial charge in [0.2, 0.25) is 21.8 Å². The highest BCUT2D eigenvalue weighted by atomic mass is 35.5. The van der Waals surface area contributed by atoms with Gasteiger partial charge in [-0.1, -0.05) is 65.7 Å². The Hall–Kier alpha value is -3.65. The fraction of sp³-hybridized carbons (Fsp3) is 0.333. The maximum absolute atomic E-state index is 14.0. The Morgan fingerprint density at radius 1 is 0.981 bits per heavy atom. The highest BCUT2D eigenvalue weighted by Gasteiger charge is 2.41. The van der Waals surface area contributed by atoms with E-state index in [4.69, 9.17) is 39.1 Å². The van der Waals surface area contributed by atoms with Crippen LogP contribution in [-0.2, 0) is 32.6 Å². The number of carbonyl (C=O) groups excluding carboxylic acids is 2. The molecule has 3 heterocycles. The molecule has 1 aromatic heterocycles. The van der Waals surface area contributed by atoms with Gasteiger partial charge in [0.1, 0.15) is 34.6 Å². The molecule has 3 aromatic carbocycles. The average molecular weight is 811 g/mol. The Bertz CT molecular complexity index is 2060. The number of nitrogens with one attached hydrogen (secondary N) is 2. The standard InChI is InChI=1S/C36H38Cl2N6O5S.2ClH/c1-22-7-10-24-4-2-6-30(34(24)41-22)49-21-27-28(37)13-14-31(33(27)38)50(47,48)44-17-3-5-29(44)36(46)42-26-15-18-43(19-16-26)32(45)20-23-8-11-25(12-9-23)35(39)40;;/h2,4,6-14,26,29H,3,5,15-21H2,1H3,(H3,39,40)(H,42,46);2*1H/t29-;;/m0../s1. The molecule has 2 saturated heterocycles. The molecule has 0 saturated carbocycles. The zero-order chi connectivity index (χ0) is 35.6. The molecule has 2 amide bonds. The lowest BCUT2D eigenvalue weighted by Crippen LogP contribution is -2.52. The van der Waals surface area contributed by atoms with Crippen LogP contribution in [-0.4, -0.2) is 72.0 Å². The van der Waals surface area contributed by atoms with Crippen molar-refractivity contribution in [1.82, 2.24) is 19.5 Å². The quantitative estimate of drug-likeness (QED) is 0.130. The van der Waals surface area contributed by atoms with Crippen molar-refractivity contribution in [3.8, 4) is 5.75 Å². The highest BCUT2D eigenvalue weighted by Crippen LogP contribution is 2.36. The van der Waals surface area contributed by atoms with E-state index in [2.05, 4.69) is 10.3 Å². The second kappa shape index (κ2) is 17.5. The number of piperidine rings is 1. The minimum absolute atomic E-state index is 0. The van der Waals surface area contributed by atoms with E-state index in [1.165, 1.54) is 16.4 Å². The van der Waals surface area contributed by atoms with Crippen LogP contribution in [0.25, 0.3) is 10.9 Å². The van der Waals surface area contributed by atoms with Gasteiger partial charge in [-0.25, -0.2) is 13.4 Å². The Balaban J connectivity index is 0.00000302. The van der Waals surface area contributed by atoms with Crippen LogP contribution in [0.1, 0.15) is 48.1 Å². The Labute approximate surface area is 325 Å². The molecule has 0 bridgehead atoms. The third-order valence-electron chi connectivity index (χ3n) is 9.25. The molecule has 2 fully saturated rings. The molecule has 0 spiro atoms. The largest absolute Gasteiger partial charge is 0.487 e. The van der Waals surface area contributed by atoms with Gasteiger partial charge in [-0.2, -0.15) is 4.31 Å². The maximum atomic E-state index is 14.0. The summed E-state index contributed by atoms with van der Waals surface area (Å²) in [5.74, 6) is 0.0965. The molecule has 52 heavy (non-hydrogen) atoms. The van der Waals surface area contributed by atoms with Crippen LogP contribution < -0.4 is 15.8 Å². The van der Waals surface area contributed by atoms with Crippen molar-refractivity contribution in [3.05, 3.63) is 99.2 Å². The number of carbonyl (C=O) groups is 2. The first-order valence-corrected chi connectivity index (χ1v) is 18.6. The van der Waals surface area contributed by atoms with Crippen molar-refractivity contribution in [3.63, 3.8) is 0 Å². The molecule has 2 aliphatic heterocycles. The second-order valence-electron chi connectivity index (χ2n) is 12.6. The number of para-hydroxylation sites is 1. The van der Waals surface area contributed by atoms with Crippen LogP contribution in [0.3, 0.4) is 0 Å². The van der Waals surface area contributed by atoms with Crippen molar-refractivity contribution in [1.29, 1.82) is 5.41 Å².